The Morgan fingerprint density at radius 1 is 1.07 bits per heavy atom. The van der Waals surface area contributed by atoms with Crippen molar-refractivity contribution in [2.45, 2.75) is 32.6 Å². The summed E-state index contributed by atoms with van der Waals surface area (Å²) in [5, 5.41) is 0.453. The first kappa shape index (κ1) is 27.5. The van der Waals surface area contributed by atoms with Crippen molar-refractivity contribution in [3.63, 3.8) is 0 Å². The molecule has 5 rings (SSSR count). The number of hydrogen-bond donors (Lipinski definition) is 0. The largest absolute Gasteiger partial charge is 0.478 e. The number of rotatable bonds is 7. The van der Waals surface area contributed by atoms with Gasteiger partial charge in [0.15, 0.2) is 0 Å². The molecule has 0 atom stereocenters. The predicted molar refractivity (Wildman–Crippen MR) is 141 cm³/mol. The number of esters is 1. The number of alkyl halides is 3. The SMILES string of the molecule is CCCOC(=O)c1ccc(Oc2c(C(F)(F)F)oc3c4c(ccc3c2=O)OCN(Cc2ccccc2Cl)C4)cc1. The Morgan fingerprint density at radius 3 is 2.52 bits per heavy atom. The van der Waals surface area contributed by atoms with Crippen LogP contribution in [0.4, 0.5) is 13.2 Å². The molecule has 0 amide bonds. The maximum absolute atomic E-state index is 14.2. The van der Waals surface area contributed by atoms with Crippen molar-refractivity contribution < 1.29 is 36.6 Å². The number of hydrogen-bond acceptors (Lipinski definition) is 7. The summed E-state index contributed by atoms with van der Waals surface area (Å²) in [5.41, 5.74) is 0.0792. The monoisotopic (exact) mass is 573 g/mol. The van der Waals surface area contributed by atoms with Crippen molar-refractivity contribution in [1.82, 2.24) is 4.90 Å². The highest BCUT2D eigenvalue weighted by molar-refractivity contribution is 6.31. The van der Waals surface area contributed by atoms with E-state index in [1.807, 2.05) is 24.0 Å². The van der Waals surface area contributed by atoms with Crippen LogP contribution in [-0.4, -0.2) is 24.2 Å². The van der Waals surface area contributed by atoms with Gasteiger partial charge in [-0.2, -0.15) is 13.2 Å². The molecule has 0 fully saturated rings. The lowest BCUT2D eigenvalue weighted by Gasteiger charge is -2.29. The lowest BCUT2D eigenvalue weighted by molar-refractivity contribution is -0.154. The third kappa shape index (κ3) is 5.64. The van der Waals surface area contributed by atoms with E-state index < -0.39 is 29.1 Å². The molecular weight excluding hydrogens is 551 g/mol. The van der Waals surface area contributed by atoms with Crippen molar-refractivity contribution in [3.05, 3.63) is 98.4 Å². The Labute approximate surface area is 231 Å². The van der Waals surface area contributed by atoms with Crippen LogP contribution in [0, 0.1) is 0 Å². The molecule has 0 unspecified atom stereocenters. The molecule has 1 aromatic heterocycles. The molecule has 11 heteroatoms. The van der Waals surface area contributed by atoms with Crippen LogP contribution in [0.15, 0.2) is 69.9 Å². The molecule has 0 aliphatic carbocycles. The number of halogens is 4. The van der Waals surface area contributed by atoms with Crippen LogP contribution < -0.4 is 14.9 Å². The van der Waals surface area contributed by atoms with Crippen molar-refractivity contribution >= 4 is 28.5 Å². The Hall–Kier alpha value is -4.02. The van der Waals surface area contributed by atoms with Gasteiger partial charge in [-0.3, -0.25) is 9.69 Å². The Bertz CT molecular complexity index is 1620. The molecule has 0 saturated carbocycles. The summed E-state index contributed by atoms with van der Waals surface area (Å²) < 4.78 is 64.1. The van der Waals surface area contributed by atoms with Crippen LogP contribution in [0.2, 0.25) is 5.02 Å². The lowest BCUT2D eigenvalue weighted by atomic mass is 10.1. The van der Waals surface area contributed by atoms with E-state index in [1.165, 1.54) is 36.4 Å². The highest BCUT2D eigenvalue weighted by Crippen LogP contribution is 2.41. The zero-order valence-corrected chi connectivity index (χ0v) is 22.0. The van der Waals surface area contributed by atoms with Gasteiger partial charge in [-0.1, -0.05) is 36.7 Å². The minimum atomic E-state index is -5.04. The molecule has 2 heterocycles. The first-order chi connectivity index (χ1) is 19.2. The highest BCUT2D eigenvalue weighted by Gasteiger charge is 2.41. The number of carbonyl (C=O) groups excluding carboxylic acids is 1. The second-order valence-electron chi connectivity index (χ2n) is 9.12. The maximum Gasteiger partial charge on any atom is 0.453 e. The van der Waals surface area contributed by atoms with E-state index in [-0.39, 0.29) is 42.2 Å². The second-order valence-corrected chi connectivity index (χ2v) is 9.53. The smallest absolute Gasteiger partial charge is 0.453 e. The van der Waals surface area contributed by atoms with Gasteiger partial charge in [-0.05, 0) is 54.4 Å². The first-order valence-electron chi connectivity index (χ1n) is 12.4. The average molecular weight is 574 g/mol. The topological polar surface area (TPSA) is 78.2 Å². The second kappa shape index (κ2) is 11.2. The highest BCUT2D eigenvalue weighted by atomic mass is 35.5. The first-order valence-corrected chi connectivity index (χ1v) is 12.8. The van der Waals surface area contributed by atoms with E-state index in [0.29, 0.717) is 29.3 Å². The Morgan fingerprint density at radius 2 is 1.82 bits per heavy atom. The standard InChI is InChI=1S/C29H23ClF3NO6/c1-2-13-37-28(36)17-7-9-19(10-8-17)39-26-24(35)20-11-12-23-21(25(20)40-27(26)29(31,32)33)15-34(16-38-23)14-18-5-3-4-6-22(18)30/h3-12H,2,13-16H2,1H3. The number of nitrogens with zero attached hydrogens (tertiary/aromatic N) is 1. The van der Waals surface area contributed by atoms with Gasteiger partial charge >= 0.3 is 12.1 Å². The van der Waals surface area contributed by atoms with Crippen LogP contribution in [0.25, 0.3) is 11.0 Å². The van der Waals surface area contributed by atoms with Gasteiger partial charge < -0.3 is 18.6 Å². The fraction of sp³-hybridized carbons (Fsp3) is 0.241. The normalized spacial score (nSPS) is 13.5. The van der Waals surface area contributed by atoms with Gasteiger partial charge in [0.2, 0.25) is 11.2 Å². The third-order valence-corrected chi connectivity index (χ3v) is 6.59. The zero-order valence-electron chi connectivity index (χ0n) is 21.2. The molecule has 4 aromatic rings. The summed E-state index contributed by atoms with van der Waals surface area (Å²) in [5.74, 6) is -2.93. The molecule has 1 aliphatic heterocycles. The zero-order chi connectivity index (χ0) is 28.4. The van der Waals surface area contributed by atoms with E-state index >= 15 is 0 Å². The fourth-order valence-electron chi connectivity index (χ4n) is 4.30. The minimum Gasteiger partial charge on any atom is -0.478 e. The van der Waals surface area contributed by atoms with Crippen molar-refractivity contribution in [1.29, 1.82) is 0 Å². The van der Waals surface area contributed by atoms with Crippen LogP contribution in [0.3, 0.4) is 0 Å². The van der Waals surface area contributed by atoms with Crippen LogP contribution in [0.5, 0.6) is 17.2 Å². The van der Waals surface area contributed by atoms with Crippen molar-refractivity contribution in [3.8, 4) is 17.2 Å². The molecule has 7 nitrogen and oxygen atoms in total. The number of benzene rings is 3. The van der Waals surface area contributed by atoms with Gasteiger partial charge in [-0.15, -0.1) is 0 Å². The molecule has 1 aliphatic rings. The minimum absolute atomic E-state index is 0.0867. The summed E-state index contributed by atoms with van der Waals surface area (Å²) in [4.78, 5) is 27.2. The quantitative estimate of drug-likeness (QED) is 0.217. The van der Waals surface area contributed by atoms with Crippen LogP contribution in [-0.2, 0) is 24.0 Å². The molecule has 208 valence electrons. The fourth-order valence-corrected chi connectivity index (χ4v) is 4.49. The van der Waals surface area contributed by atoms with E-state index in [2.05, 4.69) is 0 Å². The lowest BCUT2D eigenvalue weighted by Crippen LogP contribution is -2.32. The molecule has 0 spiro atoms. The van der Waals surface area contributed by atoms with E-state index in [1.54, 1.807) is 12.1 Å². The number of ether oxygens (including phenoxy) is 3. The van der Waals surface area contributed by atoms with E-state index in [9.17, 15) is 22.8 Å². The molecule has 0 radical (unpaired) electrons. The molecular formula is C29H23ClF3NO6. The van der Waals surface area contributed by atoms with Gasteiger partial charge in [0.05, 0.1) is 23.1 Å². The van der Waals surface area contributed by atoms with Gasteiger partial charge in [0.1, 0.15) is 23.8 Å². The van der Waals surface area contributed by atoms with Crippen molar-refractivity contribution in [2.75, 3.05) is 13.3 Å². The van der Waals surface area contributed by atoms with Gasteiger partial charge in [0, 0.05) is 18.1 Å². The predicted octanol–water partition coefficient (Wildman–Crippen LogP) is 7.18. The van der Waals surface area contributed by atoms with Crippen LogP contribution in [0.1, 0.15) is 40.6 Å². The number of fused-ring (bicyclic) bond motifs is 3. The van der Waals surface area contributed by atoms with Gasteiger partial charge in [0.25, 0.3) is 5.76 Å². The van der Waals surface area contributed by atoms with Gasteiger partial charge in [-0.25, -0.2) is 4.79 Å². The Balaban J connectivity index is 1.50. The molecule has 0 bridgehead atoms. The summed E-state index contributed by atoms with van der Waals surface area (Å²) in [6.45, 7) is 2.78. The van der Waals surface area contributed by atoms with E-state index in [0.717, 1.165) is 5.56 Å². The van der Waals surface area contributed by atoms with E-state index in [4.69, 9.17) is 30.2 Å². The third-order valence-electron chi connectivity index (χ3n) is 6.22. The summed E-state index contributed by atoms with van der Waals surface area (Å²) in [7, 11) is 0. The van der Waals surface area contributed by atoms with Crippen LogP contribution >= 0.6 is 11.6 Å². The van der Waals surface area contributed by atoms with Crippen molar-refractivity contribution in [2.24, 2.45) is 0 Å². The average Bonchev–Trinajstić information content (AvgIpc) is 2.94. The maximum atomic E-state index is 14.2. The molecule has 0 saturated heterocycles. The molecule has 40 heavy (non-hydrogen) atoms. The summed E-state index contributed by atoms with van der Waals surface area (Å²) >= 11 is 6.27. The summed E-state index contributed by atoms with van der Waals surface area (Å²) in [6.07, 6.45) is -4.40. The number of carbonyl (C=O) groups is 1. The molecule has 0 N–H and O–H groups in total. The summed E-state index contributed by atoms with van der Waals surface area (Å²) in [6, 6.07) is 15.3. The Kier molecular flexibility index (Phi) is 7.73. The molecule has 3 aromatic carbocycles.